The summed E-state index contributed by atoms with van der Waals surface area (Å²) < 4.78 is 5.89. The van der Waals surface area contributed by atoms with Gasteiger partial charge in [-0.15, -0.1) is 0 Å². The summed E-state index contributed by atoms with van der Waals surface area (Å²) in [5, 5.41) is 40.5. The number of phenols is 1. The van der Waals surface area contributed by atoms with Gasteiger partial charge in [0.15, 0.2) is 10.5 Å². The monoisotopic (exact) mass is 720 g/mol. The number of anilines is 1. The maximum Gasteiger partial charge on any atom is 0.336 e. The van der Waals surface area contributed by atoms with Gasteiger partial charge in [0.2, 0.25) is 5.91 Å². The number of hydrogen-bond acceptors (Lipinski definition) is 7. The number of para-hydroxylation sites is 1. The molecule has 1 amide bonds. The van der Waals surface area contributed by atoms with Crippen molar-refractivity contribution in [3.05, 3.63) is 106 Å². The number of aryl methyl sites for hydroxylation is 1. The maximum atomic E-state index is 12.5. The zero-order valence-corrected chi connectivity index (χ0v) is 28.7. The Morgan fingerprint density at radius 1 is 0.885 bits per heavy atom. The summed E-state index contributed by atoms with van der Waals surface area (Å²) in [4.78, 5) is 52.2. The van der Waals surface area contributed by atoms with Crippen LogP contribution in [0.15, 0.2) is 94.3 Å². The molecule has 0 bridgehead atoms. The third-order valence-electron chi connectivity index (χ3n) is 8.82. The second kappa shape index (κ2) is 15.8. The molecule has 7 N–H and O–H groups in total. The summed E-state index contributed by atoms with van der Waals surface area (Å²) in [5.74, 6) is -2.38. The van der Waals surface area contributed by atoms with E-state index in [2.05, 4.69) is 20.9 Å². The molecule has 1 aliphatic carbocycles. The normalized spacial score (nSPS) is 11.8. The van der Waals surface area contributed by atoms with Gasteiger partial charge in [0.25, 0.3) is 0 Å². The molecule has 266 valence electrons. The van der Waals surface area contributed by atoms with Crippen LogP contribution in [0, 0.1) is 0 Å². The zero-order valence-electron chi connectivity index (χ0n) is 27.9. The molecule has 13 heteroatoms. The number of amides is 1. The molecule has 2 aliphatic rings. The lowest BCUT2D eigenvalue weighted by Gasteiger charge is -2.18. The second-order valence-corrected chi connectivity index (χ2v) is 12.8. The number of unbranched alkanes of at least 4 members (excludes halogenated alkanes) is 1. The first kappa shape index (κ1) is 35.6. The first-order valence-corrected chi connectivity index (χ1v) is 17.2. The van der Waals surface area contributed by atoms with Gasteiger partial charge in [-0.1, -0.05) is 24.3 Å². The highest BCUT2D eigenvalue weighted by molar-refractivity contribution is 7.80. The first-order valence-electron chi connectivity index (χ1n) is 16.8. The third-order valence-corrected chi connectivity index (χ3v) is 9.06. The van der Waals surface area contributed by atoms with Crippen molar-refractivity contribution < 1.29 is 34.1 Å². The number of phenolic OH excluding ortho intramolecular Hbond substituents is 1. The van der Waals surface area contributed by atoms with Crippen LogP contribution in [0.1, 0.15) is 48.0 Å². The van der Waals surface area contributed by atoms with Crippen LogP contribution in [-0.2, 0) is 16.0 Å². The molecule has 52 heavy (non-hydrogen) atoms. The number of aromatic hydroxyl groups is 1. The molecule has 3 aromatic carbocycles. The topological polar surface area (TPSA) is 194 Å². The van der Waals surface area contributed by atoms with Crippen molar-refractivity contribution in [3.8, 4) is 28.2 Å². The lowest BCUT2D eigenvalue weighted by Crippen LogP contribution is -2.40. The SMILES string of the molecule is O=C(CCCc1c[nH]c2ccccc12)NC(CCCCNC(=S)Nc1ccc(-c2c3ccc(=O)cc-3oc3cc(O)ccc23)c(C(=O)O)c1)C(=O)O. The van der Waals surface area contributed by atoms with Gasteiger partial charge in [-0.25, -0.2) is 9.59 Å². The number of benzene rings is 4. The molecule has 12 nitrogen and oxygen atoms in total. The molecule has 4 aromatic rings. The summed E-state index contributed by atoms with van der Waals surface area (Å²) in [5.41, 5.74) is 3.99. The predicted molar refractivity (Wildman–Crippen MR) is 202 cm³/mol. The molecule has 0 saturated heterocycles. The van der Waals surface area contributed by atoms with Gasteiger partial charge in [-0.3, -0.25) is 9.59 Å². The van der Waals surface area contributed by atoms with E-state index in [-0.39, 0.29) is 51.9 Å². The van der Waals surface area contributed by atoms with Crippen molar-refractivity contribution in [2.24, 2.45) is 0 Å². The number of H-pyrrole nitrogens is 1. The predicted octanol–water partition coefficient (Wildman–Crippen LogP) is 6.50. The maximum absolute atomic E-state index is 12.5. The molecule has 1 unspecified atom stereocenters. The van der Waals surface area contributed by atoms with Crippen molar-refractivity contribution in [2.75, 3.05) is 11.9 Å². The molecule has 1 atom stereocenters. The third kappa shape index (κ3) is 8.22. The van der Waals surface area contributed by atoms with E-state index in [1.807, 2.05) is 30.5 Å². The number of aromatic carboxylic acids is 1. The van der Waals surface area contributed by atoms with Crippen LogP contribution in [0.3, 0.4) is 0 Å². The summed E-state index contributed by atoms with van der Waals surface area (Å²) in [7, 11) is 0. The molecule has 0 spiro atoms. The van der Waals surface area contributed by atoms with E-state index in [4.69, 9.17) is 16.6 Å². The van der Waals surface area contributed by atoms with Crippen LogP contribution in [-0.4, -0.2) is 55.8 Å². The highest BCUT2D eigenvalue weighted by Crippen LogP contribution is 2.42. The summed E-state index contributed by atoms with van der Waals surface area (Å²) >= 11 is 5.43. The summed E-state index contributed by atoms with van der Waals surface area (Å²) in [6.45, 7) is 0.417. The highest BCUT2D eigenvalue weighted by Gasteiger charge is 2.23. The average molecular weight is 721 g/mol. The fraction of sp³-hybridized carbons (Fsp3) is 0.205. The highest BCUT2D eigenvalue weighted by atomic mass is 32.1. The molecule has 0 radical (unpaired) electrons. The summed E-state index contributed by atoms with van der Waals surface area (Å²) in [6.07, 6.45) is 4.78. The summed E-state index contributed by atoms with van der Waals surface area (Å²) in [6, 6.07) is 20.5. The van der Waals surface area contributed by atoms with Crippen LogP contribution >= 0.6 is 12.2 Å². The van der Waals surface area contributed by atoms with Crippen LogP contribution in [0.25, 0.3) is 44.3 Å². The van der Waals surface area contributed by atoms with E-state index in [1.54, 1.807) is 24.3 Å². The standard InChI is InChI=1S/C39H36N4O8S/c44-24-12-15-28-33(19-24)51-34-20-25(45)13-16-29(34)36(28)27-14-11-23(18-30(27)37(47)48)42-39(52)40-17-4-3-9-32(38(49)50)43-35(46)10-5-6-22-21-41-31-8-2-1-7-26(22)31/h1-2,7-8,11-16,18-21,32,41,44H,3-6,9-10,17H2,(H,43,46)(H,47,48)(H,49,50)(H2,40,42,52). The quantitative estimate of drug-likeness (QED) is 0.0369. The molecule has 0 saturated carbocycles. The molecule has 6 rings (SSSR count). The number of thiocarbonyl (C=S) groups is 1. The number of aromatic nitrogens is 1. The lowest BCUT2D eigenvalue weighted by molar-refractivity contribution is -0.142. The van der Waals surface area contributed by atoms with Crippen LogP contribution < -0.4 is 21.4 Å². The minimum absolute atomic E-state index is 0.0272. The Balaban J connectivity index is 1.02. The van der Waals surface area contributed by atoms with E-state index >= 15 is 0 Å². The van der Waals surface area contributed by atoms with Gasteiger partial charge in [-0.05, 0) is 97.9 Å². The van der Waals surface area contributed by atoms with E-state index in [0.29, 0.717) is 60.0 Å². The molecular formula is C39H36N4O8S. The molecule has 1 aliphatic heterocycles. The minimum atomic E-state index is -1.19. The van der Waals surface area contributed by atoms with Gasteiger partial charge < -0.3 is 40.7 Å². The Labute approximate surface area is 302 Å². The average Bonchev–Trinajstić information content (AvgIpc) is 3.52. The Morgan fingerprint density at radius 2 is 1.69 bits per heavy atom. The lowest BCUT2D eigenvalue weighted by atomic mass is 9.90. The molecule has 0 fully saturated rings. The van der Waals surface area contributed by atoms with Crippen molar-refractivity contribution in [3.63, 3.8) is 0 Å². The van der Waals surface area contributed by atoms with E-state index in [0.717, 1.165) is 16.5 Å². The second-order valence-electron chi connectivity index (χ2n) is 12.4. The number of carboxylic acid groups (broad SMARTS) is 2. The van der Waals surface area contributed by atoms with Crippen LogP contribution in [0.4, 0.5) is 5.69 Å². The zero-order chi connectivity index (χ0) is 36.8. The fourth-order valence-corrected chi connectivity index (χ4v) is 6.54. The molecule has 2 heterocycles. The Bertz CT molecular complexity index is 2330. The fourth-order valence-electron chi connectivity index (χ4n) is 6.32. The Morgan fingerprint density at radius 3 is 2.50 bits per heavy atom. The first-order chi connectivity index (χ1) is 25.1. The number of aliphatic carboxylic acids is 1. The number of nitrogens with one attached hydrogen (secondary N) is 4. The van der Waals surface area contributed by atoms with Crippen molar-refractivity contribution >= 4 is 62.7 Å². The van der Waals surface area contributed by atoms with E-state index < -0.39 is 18.0 Å². The van der Waals surface area contributed by atoms with Gasteiger partial charge in [-0.2, -0.15) is 0 Å². The molecular weight excluding hydrogens is 685 g/mol. The van der Waals surface area contributed by atoms with Gasteiger partial charge >= 0.3 is 11.9 Å². The van der Waals surface area contributed by atoms with E-state index in [9.17, 15) is 34.5 Å². The van der Waals surface area contributed by atoms with Gasteiger partial charge in [0.1, 0.15) is 23.1 Å². The van der Waals surface area contributed by atoms with Crippen molar-refractivity contribution in [1.29, 1.82) is 0 Å². The minimum Gasteiger partial charge on any atom is -0.508 e. The number of carboxylic acids is 2. The van der Waals surface area contributed by atoms with Gasteiger partial charge in [0.05, 0.1) is 5.56 Å². The molecule has 1 aromatic heterocycles. The van der Waals surface area contributed by atoms with Crippen LogP contribution in [0.2, 0.25) is 0 Å². The number of fused-ring (bicyclic) bond motifs is 3. The number of rotatable bonds is 14. The van der Waals surface area contributed by atoms with Gasteiger partial charge in [0, 0.05) is 64.4 Å². The Hall–Kier alpha value is -6.21. The number of aromatic amines is 1. The number of carbonyl (C=O) groups is 3. The van der Waals surface area contributed by atoms with E-state index in [1.165, 1.54) is 30.3 Å². The largest absolute Gasteiger partial charge is 0.508 e. The smallest absolute Gasteiger partial charge is 0.336 e. The number of carbonyl (C=O) groups excluding carboxylic acids is 1. The number of hydrogen-bond donors (Lipinski definition) is 7. The van der Waals surface area contributed by atoms with Crippen LogP contribution in [0.5, 0.6) is 5.75 Å². The van der Waals surface area contributed by atoms with Crippen molar-refractivity contribution in [2.45, 2.75) is 44.6 Å². The Kier molecular flexibility index (Phi) is 10.8. The van der Waals surface area contributed by atoms with Crippen molar-refractivity contribution in [1.82, 2.24) is 15.6 Å².